The third-order valence-electron chi connectivity index (χ3n) is 13.1. The molecule has 0 saturated heterocycles. The fraction of sp³-hybridized carbons (Fsp3) is 0.429. The van der Waals surface area contributed by atoms with Crippen molar-refractivity contribution >= 4 is 0 Å². The van der Waals surface area contributed by atoms with E-state index in [-0.39, 0.29) is 21.7 Å². The maximum Gasteiger partial charge on any atom is 0.127 e. The number of hydrogen-bond donors (Lipinski definition) is 4. The normalized spacial score (nSPS) is 28.8. The topological polar surface area (TPSA) is 80.9 Å². The lowest BCUT2D eigenvalue weighted by molar-refractivity contribution is -0.136. The van der Waals surface area contributed by atoms with E-state index in [1.165, 1.54) is 0 Å². The van der Waals surface area contributed by atoms with Crippen molar-refractivity contribution in [1.82, 2.24) is 0 Å². The lowest BCUT2D eigenvalue weighted by atomic mass is 9.62. The van der Waals surface area contributed by atoms with Crippen molar-refractivity contribution in [2.24, 2.45) is 16.2 Å². The summed E-state index contributed by atoms with van der Waals surface area (Å²) < 4.78 is 0. The summed E-state index contributed by atoms with van der Waals surface area (Å²) in [5.41, 5.74) is 1.33. The monoisotopic (exact) mass is 712 g/mol. The standard InChI is InChI=1S/C49H60O4/c1-44(23-9-5-10-24-44)31-21-38-33-40(46(3)27-13-7-14-28-46)17-19-42(38)49(53,48(35-50,36-51)37-52)43-20-18-41(47(4)29-15-8-16-30-47)34-39(43)22-32-45(2)25-11-6-12-26-45/h5-20,23,25,27,29,33-34,50-53H,21-22,24,26,28,30-32,35-37H2,1-4H3. The molecule has 53 heavy (non-hydrogen) atoms. The number of aliphatic hydroxyl groups is 4. The Morgan fingerprint density at radius 1 is 0.509 bits per heavy atom. The molecule has 4 aliphatic rings. The first-order chi connectivity index (χ1) is 25.4. The van der Waals surface area contributed by atoms with Gasteiger partial charge >= 0.3 is 0 Å². The quantitative estimate of drug-likeness (QED) is 0.157. The summed E-state index contributed by atoms with van der Waals surface area (Å²) in [5, 5.41) is 47.4. The fourth-order valence-corrected chi connectivity index (χ4v) is 8.86. The van der Waals surface area contributed by atoms with Crippen molar-refractivity contribution in [1.29, 1.82) is 0 Å². The Kier molecular flexibility index (Phi) is 11.4. The summed E-state index contributed by atoms with van der Waals surface area (Å²) in [6.45, 7) is 7.23. The molecule has 0 bridgehead atoms. The minimum Gasteiger partial charge on any atom is -0.395 e. The zero-order valence-electron chi connectivity index (χ0n) is 32.3. The van der Waals surface area contributed by atoms with Crippen LogP contribution in [0.4, 0.5) is 0 Å². The Morgan fingerprint density at radius 3 is 1.21 bits per heavy atom. The summed E-state index contributed by atoms with van der Waals surface area (Å²) in [6, 6.07) is 12.7. The van der Waals surface area contributed by atoms with Gasteiger partial charge in [-0.3, -0.25) is 0 Å². The molecule has 0 spiro atoms. The van der Waals surface area contributed by atoms with Gasteiger partial charge in [-0.1, -0.05) is 161 Å². The molecule has 0 heterocycles. The second-order valence-electron chi connectivity index (χ2n) is 17.3. The molecule has 280 valence electrons. The van der Waals surface area contributed by atoms with Crippen molar-refractivity contribution in [3.8, 4) is 0 Å². The van der Waals surface area contributed by atoms with Crippen LogP contribution in [0, 0.1) is 16.2 Å². The van der Waals surface area contributed by atoms with E-state index in [0.29, 0.717) is 24.0 Å². The first kappa shape index (κ1) is 38.9. The smallest absolute Gasteiger partial charge is 0.127 e. The molecule has 4 atom stereocenters. The highest BCUT2D eigenvalue weighted by molar-refractivity contribution is 5.52. The molecule has 0 radical (unpaired) electrons. The van der Waals surface area contributed by atoms with Gasteiger partial charge in [0.1, 0.15) is 5.60 Å². The zero-order valence-corrected chi connectivity index (χ0v) is 32.3. The summed E-state index contributed by atoms with van der Waals surface area (Å²) in [7, 11) is 0. The zero-order chi connectivity index (χ0) is 37.8. The van der Waals surface area contributed by atoms with Gasteiger partial charge in [-0.05, 0) is 95.6 Å². The molecule has 0 amide bonds. The first-order valence-corrected chi connectivity index (χ1v) is 19.6. The van der Waals surface area contributed by atoms with Crippen LogP contribution in [-0.2, 0) is 29.3 Å². The summed E-state index contributed by atoms with van der Waals surface area (Å²) in [4.78, 5) is 0. The highest BCUT2D eigenvalue weighted by Gasteiger charge is 2.54. The van der Waals surface area contributed by atoms with Crippen molar-refractivity contribution in [3.63, 3.8) is 0 Å². The number of allylic oxidation sites excluding steroid dienone is 16. The Hall–Kier alpha value is -3.80. The van der Waals surface area contributed by atoms with Crippen molar-refractivity contribution < 1.29 is 20.4 Å². The van der Waals surface area contributed by atoms with Crippen molar-refractivity contribution in [2.45, 2.75) is 95.5 Å². The van der Waals surface area contributed by atoms with Gasteiger partial charge in [0.15, 0.2) is 0 Å². The van der Waals surface area contributed by atoms with Crippen LogP contribution in [0.2, 0.25) is 0 Å². The molecular weight excluding hydrogens is 653 g/mol. The average Bonchev–Trinajstić information content (AvgIpc) is 3.18. The second-order valence-corrected chi connectivity index (χ2v) is 17.3. The highest BCUT2D eigenvalue weighted by Crippen LogP contribution is 2.50. The van der Waals surface area contributed by atoms with Gasteiger partial charge in [-0.15, -0.1) is 0 Å². The van der Waals surface area contributed by atoms with E-state index in [9.17, 15) is 20.4 Å². The van der Waals surface area contributed by atoms with Gasteiger partial charge in [0.05, 0.1) is 25.2 Å². The molecule has 0 aromatic heterocycles. The molecular formula is C49H60O4. The maximum absolute atomic E-state index is 13.8. The number of aryl methyl sites for hydroxylation is 2. The minimum absolute atomic E-state index is 0.0544. The van der Waals surface area contributed by atoms with Crippen LogP contribution in [0.1, 0.15) is 99.6 Å². The van der Waals surface area contributed by atoms with E-state index in [1.807, 2.05) is 12.1 Å². The van der Waals surface area contributed by atoms with Crippen LogP contribution < -0.4 is 0 Å². The van der Waals surface area contributed by atoms with Crippen LogP contribution >= 0.6 is 0 Å². The Balaban J connectivity index is 1.56. The molecule has 4 heteroatoms. The number of aliphatic hydroxyl groups excluding tert-OH is 3. The molecule has 0 saturated carbocycles. The van der Waals surface area contributed by atoms with Crippen LogP contribution in [0.25, 0.3) is 0 Å². The molecule has 6 rings (SSSR count). The molecule has 4 aliphatic carbocycles. The van der Waals surface area contributed by atoms with E-state index in [2.05, 4.69) is 149 Å². The third-order valence-corrected chi connectivity index (χ3v) is 13.1. The average molecular weight is 713 g/mol. The SMILES string of the molecule is CC1(CCc2cc(C3(C)C=CC=CC3)ccc2C(O)(c2ccc(C3(C)C=CC=CC3)cc2CCC2(C)C=CC=CC2)C(CO)(CO)CO)C=CC=CC1. The maximum atomic E-state index is 13.8. The molecule has 0 fully saturated rings. The van der Waals surface area contributed by atoms with Gasteiger partial charge in [-0.25, -0.2) is 0 Å². The molecule has 4 nitrogen and oxygen atoms in total. The van der Waals surface area contributed by atoms with Crippen LogP contribution in [0.3, 0.4) is 0 Å². The Bertz CT molecular complexity index is 1750. The van der Waals surface area contributed by atoms with E-state index < -0.39 is 30.8 Å². The largest absolute Gasteiger partial charge is 0.395 e. The van der Waals surface area contributed by atoms with Gasteiger partial charge in [-0.2, -0.15) is 0 Å². The molecule has 2 aromatic rings. The summed E-state index contributed by atoms with van der Waals surface area (Å²) in [6.07, 6.45) is 41.3. The first-order valence-electron chi connectivity index (χ1n) is 19.6. The molecule has 4 unspecified atom stereocenters. The van der Waals surface area contributed by atoms with E-state index in [4.69, 9.17) is 0 Å². The number of benzene rings is 2. The van der Waals surface area contributed by atoms with E-state index in [0.717, 1.165) is 60.8 Å². The predicted octanol–water partition coefficient (Wildman–Crippen LogP) is 9.34. The van der Waals surface area contributed by atoms with E-state index >= 15 is 0 Å². The van der Waals surface area contributed by atoms with Crippen molar-refractivity contribution in [2.75, 3.05) is 19.8 Å². The summed E-state index contributed by atoms with van der Waals surface area (Å²) in [5.74, 6) is 0. The lowest BCUT2D eigenvalue weighted by Gasteiger charge is -2.47. The minimum atomic E-state index is -1.92. The Morgan fingerprint density at radius 2 is 0.887 bits per heavy atom. The Labute approximate surface area is 318 Å². The number of hydrogen-bond acceptors (Lipinski definition) is 4. The van der Waals surface area contributed by atoms with Gasteiger partial charge < -0.3 is 20.4 Å². The molecule has 4 N–H and O–H groups in total. The van der Waals surface area contributed by atoms with E-state index in [1.54, 1.807) is 0 Å². The van der Waals surface area contributed by atoms with Gasteiger partial charge in [0.2, 0.25) is 0 Å². The van der Waals surface area contributed by atoms with Crippen molar-refractivity contribution in [3.05, 3.63) is 167 Å². The van der Waals surface area contributed by atoms with Crippen LogP contribution in [0.5, 0.6) is 0 Å². The second kappa shape index (κ2) is 15.5. The molecule has 2 aromatic carbocycles. The van der Waals surface area contributed by atoms with Gasteiger partial charge in [0.25, 0.3) is 0 Å². The third kappa shape index (κ3) is 7.62. The summed E-state index contributed by atoms with van der Waals surface area (Å²) >= 11 is 0. The number of rotatable bonds is 14. The lowest BCUT2D eigenvalue weighted by Crippen LogP contribution is -2.55. The van der Waals surface area contributed by atoms with Crippen LogP contribution in [-0.4, -0.2) is 40.2 Å². The molecule has 0 aliphatic heterocycles. The van der Waals surface area contributed by atoms with Crippen LogP contribution in [0.15, 0.2) is 134 Å². The highest BCUT2D eigenvalue weighted by atomic mass is 16.3. The predicted molar refractivity (Wildman–Crippen MR) is 219 cm³/mol. The van der Waals surface area contributed by atoms with Gasteiger partial charge in [0, 0.05) is 10.8 Å². The fourth-order valence-electron chi connectivity index (χ4n) is 8.86.